The van der Waals surface area contributed by atoms with E-state index < -0.39 is 0 Å². The minimum Gasteiger partial charge on any atom is -0.303 e. The Bertz CT molecular complexity index is 1370. The molecule has 0 unspecified atom stereocenters. The van der Waals surface area contributed by atoms with E-state index in [0.29, 0.717) is 23.7 Å². The van der Waals surface area contributed by atoms with Gasteiger partial charge in [0.15, 0.2) is 0 Å². The van der Waals surface area contributed by atoms with Crippen molar-refractivity contribution in [1.82, 2.24) is 0 Å². The van der Waals surface area contributed by atoms with Crippen LogP contribution in [0.3, 0.4) is 0 Å². The first-order valence-electron chi connectivity index (χ1n) is 16.1. The second-order valence-electron chi connectivity index (χ2n) is 11.1. The molecule has 240 valence electrons. The molecule has 0 aromatic heterocycles. The van der Waals surface area contributed by atoms with Gasteiger partial charge in [0, 0.05) is 36.3 Å². The van der Waals surface area contributed by atoms with Crippen LogP contribution in [0.25, 0.3) is 11.1 Å². The molecule has 0 N–H and O–H groups in total. The highest BCUT2D eigenvalue weighted by Gasteiger charge is 2.10. The predicted octanol–water partition coefficient (Wildman–Crippen LogP) is 9.38. The van der Waals surface area contributed by atoms with E-state index >= 15 is 0 Å². The van der Waals surface area contributed by atoms with Gasteiger partial charge < -0.3 is 9.59 Å². The Morgan fingerprint density at radius 2 is 0.957 bits per heavy atom. The van der Waals surface area contributed by atoms with Gasteiger partial charge in [0.2, 0.25) is 0 Å². The number of ketones is 1. The van der Waals surface area contributed by atoms with Crippen molar-refractivity contribution in [3.05, 3.63) is 132 Å². The molecule has 5 heteroatoms. The molecule has 2 aliphatic carbocycles. The van der Waals surface area contributed by atoms with Gasteiger partial charge in [0.25, 0.3) is 0 Å². The molecule has 2 fully saturated rings. The third-order valence-corrected chi connectivity index (χ3v) is 7.50. The van der Waals surface area contributed by atoms with Crippen LogP contribution in [-0.4, -0.2) is 30.9 Å². The lowest BCUT2D eigenvalue weighted by Crippen LogP contribution is -2.06. The standard InChI is InChI=1S/C13H10O.C8H8O.C7H12O.C7H6O.C6H10O/c14-10-11-6-8-13(9-7-11)12-4-2-1-3-5-12;9-7-6-8-4-2-1-3-5-8;2*8-6-7-4-2-1-3-5-7;7-6-4-2-1-3-5-6/h1-10H;1-5,7H,6H2;6-7H,1-5H2;1-6H;1-5H2. The number of aldehydes is 4. The maximum atomic E-state index is 10.5. The zero-order valence-electron chi connectivity index (χ0n) is 26.7. The molecule has 0 heterocycles. The highest BCUT2D eigenvalue weighted by Crippen LogP contribution is 2.21. The highest BCUT2D eigenvalue weighted by molar-refractivity contribution is 5.79. The number of rotatable bonds is 6. The topological polar surface area (TPSA) is 85.3 Å². The zero-order valence-corrected chi connectivity index (χ0v) is 26.7. The molecule has 0 radical (unpaired) electrons. The Morgan fingerprint density at radius 1 is 0.500 bits per heavy atom. The summed E-state index contributed by atoms with van der Waals surface area (Å²) in [6.07, 6.45) is 15.6. The van der Waals surface area contributed by atoms with Crippen molar-refractivity contribution in [2.75, 3.05) is 0 Å². The maximum Gasteiger partial charge on any atom is 0.150 e. The molecule has 2 saturated carbocycles. The van der Waals surface area contributed by atoms with Gasteiger partial charge >= 0.3 is 0 Å². The molecule has 46 heavy (non-hydrogen) atoms. The van der Waals surface area contributed by atoms with Gasteiger partial charge in [-0.05, 0) is 42.4 Å². The second kappa shape index (κ2) is 24.5. The summed E-state index contributed by atoms with van der Waals surface area (Å²) in [5, 5.41) is 0. The van der Waals surface area contributed by atoms with Gasteiger partial charge in [0.1, 0.15) is 30.9 Å². The molecule has 0 aliphatic heterocycles. The average molecular weight is 619 g/mol. The van der Waals surface area contributed by atoms with Crippen LogP contribution in [0.1, 0.15) is 90.5 Å². The smallest absolute Gasteiger partial charge is 0.150 e. The van der Waals surface area contributed by atoms with Crippen LogP contribution in [0.5, 0.6) is 0 Å². The normalized spacial score (nSPS) is 13.6. The van der Waals surface area contributed by atoms with E-state index in [1.807, 2.05) is 91.0 Å². The van der Waals surface area contributed by atoms with Crippen molar-refractivity contribution in [3.8, 4) is 11.1 Å². The number of carbonyl (C=O) groups is 5. The van der Waals surface area contributed by atoms with Gasteiger partial charge in [-0.2, -0.15) is 0 Å². The lowest BCUT2D eigenvalue weighted by atomic mass is 9.91. The van der Waals surface area contributed by atoms with E-state index in [4.69, 9.17) is 0 Å². The van der Waals surface area contributed by atoms with Gasteiger partial charge in [-0.3, -0.25) is 14.4 Å². The number of hydrogen-bond acceptors (Lipinski definition) is 5. The second-order valence-corrected chi connectivity index (χ2v) is 11.1. The number of Topliss-reactive ketones (excluding diaryl/α,β-unsaturated/α-hetero) is 1. The van der Waals surface area contributed by atoms with E-state index in [-0.39, 0.29) is 0 Å². The Balaban J connectivity index is 0.000000206. The van der Waals surface area contributed by atoms with E-state index in [0.717, 1.165) is 80.4 Å². The Morgan fingerprint density at radius 3 is 1.37 bits per heavy atom. The predicted molar refractivity (Wildman–Crippen MR) is 186 cm³/mol. The van der Waals surface area contributed by atoms with Gasteiger partial charge in [-0.15, -0.1) is 0 Å². The molecule has 4 aromatic carbocycles. The van der Waals surface area contributed by atoms with Crippen LogP contribution < -0.4 is 0 Å². The van der Waals surface area contributed by atoms with Crippen molar-refractivity contribution < 1.29 is 24.0 Å². The fourth-order valence-electron chi connectivity index (χ4n) is 4.84. The fourth-order valence-corrected chi connectivity index (χ4v) is 4.84. The molecule has 0 spiro atoms. The van der Waals surface area contributed by atoms with Gasteiger partial charge in [-0.1, -0.05) is 141 Å². The molecule has 6 rings (SSSR count). The SMILES string of the molecule is O=C1CCCCC1.O=CC1CCCCC1.O=CCc1ccccc1.O=Cc1ccc(-c2ccccc2)cc1.O=Cc1ccccc1. The number of carbonyl (C=O) groups excluding carboxylic acids is 5. The summed E-state index contributed by atoms with van der Waals surface area (Å²) in [5.74, 6) is 0.870. The summed E-state index contributed by atoms with van der Waals surface area (Å²) in [5.41, 5.74) is 4.82. The Hall–Kier alpha value is -4.77. The Kier molecular flexibility index (Phi) is 20.0. The van der Waals surface area contributed by atoms with E-state index in [1.54, 1.807) is 12.1 Å². The first-order valence-corrected chi connectivity index (χ1v) is 16.1. The third-order valence-electron chi connectivity index (χ3n) is 7.50. The summed E-state index contributed by atoms with van der Waals surface area (Å²) < 4.78 is 0. The monoisotopic (exact) mass is 618 g/mol. The summed E-state index contributed by atoms with van der Waals surface area (Å²) in [6, 6.07) is 36.4. The number of benzene rings is 4. The third kappa shape index (κ3) is 16.9. The number of hydrogen-bond donors (Lipinski definition) is 0. The first kappa shape index (κ1) is 37.4. The zero-order chi connectivity index (χ0) is 33.1. The summed E-state index contributed by atoms with van der Waals surface area (Å²) in [6.45, 7) is 0. The largest absolute Gasteiger partial charge is 0.303 e. The van der Waals surface area contributed by atoms with Crippen molar-refractivity contribution in [2.24, 2.45) is 5.92 Å². The van der Waals surface area contributed by atoms with Crippen LogP contribution in [0.15, 0.2) is 115 Å². The van der Waals surface area contributed by atoms with Crippen molar-refractivity contribution in [1.29, 1.82) is 0 Å². The lowest BCUT2D eigenvalue weighted by molar-refractivity contribution is -0.120. The van der Waals surface area contributed by atoms with Crippen molar-refractivity contribution in [3.63, 3.8) is 0 Å². The van der Waals surface area contributed by atoms with Crippen molar-refractivity contribution in [2.45, 2.75) is 70.6 Å². The van der Waals surface area contributed by atoms with Gasteiger partial charge in [-0.25, -0.2) is 0 Å². The van der Waals surface area contributed by atoms with Crippen molar-refractivity contribution >= 4 is 30.9 Å². The molecule has 5 nitrogen and oxygen atoms in total. The van der Waals surface area contributed by atoms with Gasteiger partial charge in [0.05, 0.1) is 0 Å². The minimum absolute atomic E-state index is 0.406. The Labute approximate surface area is 274 Å². The quantitative estimate of drug-likeness (QED) is 0.201. The summed E-state index contributed by atoms with van der Waals surface area (Å²) in [7, 11) is 0. The average Bonchev–Trinajstić information content (AvgIpc) is 3.15. The fraction of sp³-hybridized carbons (Fsp3) is 0.293. The van der Waals surface area contributed by atoms with E-state index in [9.17, 15) is 24.0 Å². The molecular formula is C41H46O5. The van der Waals surface area contributed by atoms with Crippen LogP contribution >= 0.6 is 0 Å². The molecule has 2 aliphatic rings. The molecular weight excluding hydrogens is 572 g/mol. The molecule has 4 aromatic rings. The van der Waals surface area contributed by atoms with Crippen LogP contribution in [0.2, 0.25) is 0 Å². The van der Waals surface area contributed by atoms with E-state index in [2.05, 4.69) is 12.1 Å². The summed E-state index contributed by atoms with van der Waals surface area (Å²) in [4.78, 5) is 51.1. The van der Waals surface area contributed by atoms with E-state index in [1.165, 1.54) is 31.2 Å². The van der Waals surface area contributed by atoms with Crippen LogP contribution in [0.4, 0.5) is 0 Å². The molecule has 0 bridgehead atoms. The molecule has 0 atom stereocenters. The van der Waals surface area contributed by atoms with Crippen LogP contribution in [0, 0.1) is 5.92 Å². The lowest BCUT2D eigenvalue weighted by Gasteiger charge is -2.14. The first-order chi connectivity index (χ1) is 22.6. The summed E-state index contributed by atoms with van der Waals surface area (Å²) >= 11 is 0. The molecule has 0 saturated heterocycles. The maximum absolute atomic E-state index is 10.5. The highest BCUT2D eigenvalue weighted by atomic mass is 16.1. The minimum atomic E-state index is 0.406. The molecule has 0 amide bonds. The van der Waals surface area contributed by atoms with Crippen LogP contribution in [-0.2, 0) is 20.8 Å².